The van der Waals surface area contributed by atoms with Crippen molar-refractivity contribution in [3.63, 3.8) is 0 Å². The molecule has 3 aromatic rings. The summed E-state index contributed by atoms with van der Waals surface area (Å²) >= 11 is 0. The Kier molecular flexibility index (Phi) is 5.32. The van der Waals surface area contributed by atoms with Crippen molar-refractivity contribution in [3.8, 4) is 0 Å². The molecule has 1 fully saturated rings. The fourth-order valence-corrected chi connectivity index (χ4v) is 3.27. The molecule has 12 heteroatoms. The van der Waals surface area contributed by atoms with E-state index < -0.39 is 42.9 Å². The molecule has 1 unspecified atom stereocenters. The number of hydrogen-bond donors (Lipinski definition) is 4. The van der Waals surface area contributed by atoms with Crippen LogP contribution >= 0.6 is 0 Å². The van der Waals surface area contributed by atoms with Crippen LogP contribution < -0.4 is 5.32 Å². The molecule has 0 saturated carbocycles. The number of nitrogens with one attached hydrogen (secondary N) is 1. The van der Waals surface area contributed by atoms with Gasteiger partial charge in [-0.15, -0.1) is 0 Å². The SMILES string of the molecule is OC[C@H]1OC(n2cnc3c(NCc4ccc(C(F)(F)F)cc4)ncnc32)[C@H](O)[C@@H]1O. The minimum atomic E-state index is -4.40. The molecule has 0 spiro atoms. The van der Waals surface area contributed by atoms with Crippen molar-refractivity contribution in [2.75, 3.05) is 11.9 Å². The minimum absolute atomic E-state index is 0.199. The number of halogens is 3. The first-order valence-electron chi connectivity index (χ1n) is 8.99. The van der Waals surface area contributed by atoms with Gasteiger partial charge in [0.2, 0.25) is 0 Å². The van der Waals surface area contributed by atoms with Crippen molar-refractivity contribution < 1.29 is 33.2 Å². The summed E-state index contributed by atoms with van der Waals surface area (Å²) in [6, 6.07) is 4.74. The van der Waals surface area contributed by atoms with Crippen molar-refractivity contribution in [1.82, 2.24) is 19.5 Å². The van der Waals surface area contributed by atoms with Crippen LogP contribution in [-0.2, 0) is 17.5 Å². The molecule has 1 aromatic carbocycles. The van der Waals surface area contributed by atoms with E-state index in [0.29, 0.717) is 22.5 Å². The number of rotatable bonds is 5. The average molecular weight is 425 g/mol. The molecule has 3 heterocycles. The highest BCUT2D eigenvalue weighted by Crippen LogP contribution is 2.32. The van der Waals surface area contributed by atoms with E-state index in [2.05, 4.69) is 20.3 Å². The highest BCUT2D eigenvalue weighted by molar-refractivity contribution is 5.82. The van der Waals surface area contributed by atoms with Crippen LogP contribution in [0.1, 0.15) is 17.4 Å². The molecule has 1 saturated heterocycles. The van der Waals surface area contributed by atoms with E-state index in [1.807, 2.05) is 0 Å². The molecule has 0 amide bonds. The largest absolute Gasteiger partial charge is 0.416 e. The van der Waals surface area contributed by atoms with Gasteiger partial charge in [-0.25, -0.2) is 15.0 Å². The highest BCUT2D eigenvalue weighted by atomic mass is 19.4. The predicted octanol–water partition coefficient (Wildman–Crippen LogP) is 1.07. The molecule has 1 aliphatic rings. The van der Waals surface area contributed by atoms with Crippen LogP contribution in [0.3, 0.4) is 0 Å². The first kappa shape index (κ1) is 20.5. The van der Waals surface area contributed by atoms with Gasteiger partial charge in [0, 0.05) is 6.54 Å². The summed E-state index contributed by atoms with van der Waals surface area (Å²) in [7, 11) is 0. The van der Waals surface area contributed by atoms with Gasteiger partial charge < -0.3 is 25.4 Å². The normalized spacial score (nSPS) is 24.5. The first-order valence-corrected chi connectivity index (χ1v) is 8.99. The Labute approximate surface area is 167 Å². The first-order chi connectivity index (χ1) is 14.3. The number of alkyl halides is 3. The van der Waals surface area contributed by atoms with Gasteiger partial charge in [-0.05, 0) is 17.7 Å². The van der Waals surface area contributed by atoms with Gasteiger partial charge >= 0.3 is 6.18 Å². The van der Waals surface area contributed by atoms with Crippen molar-refractivity contribution in [3.05, 3.63) is 48.0 Å². The van der Waals surface area contributed by atoms with Crippen LogP contribution in [-0.4, -0.2) is 59.8 Å². The molecule has 160 valence electrons. The number of imidazole rings is 1. The summed E-state index contributed by atoms with van der Waals surface area (Å²) < 4.78 is 44.9. The van der Waals surface area contributed by atoms with Crippen molar-refractivity contribution in [1.29, 1.82) is 0 Å². The van der Waals surface area contributed by atoms with Crippen molar-refractivity contribution in [2.45, 2.75) is 37.3 Å². The second-order valence-electron chi connectivity index (χ2n) is 6.82. The van der Waals surface area contributed by atoms with E-state index in [1.165, 1.54) is 29.4 Å². The second kappa shape index (κ2) is 7.80. The number of ether oxygens (including phenoxy) is 1. The summed E-state index contributed by atoms with van der Waals surface area (Å²) in [4.78, 5) is 12.5. The minimum Gasteiger partial charge on any atom is -0.394 e. The van der Waals surface area contributed by atoms with Gasteiger partial charge in [-0.1, -0.05) is 12.1 Å². The van der Waals surface area contributed by atoms with E-state index >= 15 is 0 Å². The van der Waals surface area contributed by atoms with Gasteiger partial charge in [0.1, 0.15) is 24.6 Å². The zero-order chi connectivity index (χ0) is 21.5. The lowest BCUT2D eigenvalue weighted by Crippen LogP contribution is -2.33. The zero-order valence-corrected chi connectivity index (χ0v) is 15.4. The number of aliphatic hydroxyl groups excluding tert-OH is 3. The number of benzene rings is 1. The third-order valence-electron chi connectivity index (χ3n) is 4.89. The van der Waals surface area contributed by atoms with Gasteiger partial charge in [0.05, 0.1) is 18.5 Å². The van der Waals surface area contributed by atoms with Gasteiger partial charge in [-0.3, -0.25) is 4.57 Å². The Hall–Kier alpha value is -2.80. The Morgan fingerprint density at radius 1 is 1.07 bits per heavy atom. The number of fused-ring (bicyclic) bond motifs is 1. The molecular weight excluding hydrogens is 407 g/mol. The molecule has 9 nitrogen and oxygen atoms in total. The fraction of sp³-hybridized carbons (Fsp3) is 0.389. The lowest BCUT2D eigenvalue weighted by atomic mass is 10.1. The molecule has 4 N–H and O–H groups in total. The highest BCUT2D eigenvalue weighted by Gasteiger charge is 2.44. The van der Waals surface area contributed by atoms with Crippen LogP contribution in [0.4, 0.5) is 19.0 Å². The molecule has 2 aromatic heterocycles. The van der Waals surface area contributed by atoms with E-state index in [-0.39, 0.29) is 6.54 Å². The Bertz CT molecular complexity index is 1030. The molecule has 0 aliphatic carbocycles. The van der Waals surface area contributed by atoms with Crippen LogP contribution in [0.5, 0.6) is 0 Å². The molecule has 30 heavy (non-hydrogen) atoms. The molecule has 0 radical (unpaired) electrons. The zero-order valence-electron chi connectivity index (χ0n) is 15.4. The molecule has 1 aliphatic heterocycles. The van der Waals surface area contributed by atoms with Crippen molar-refractivity contribution >= 4 is 17.0 Å². The summed E-state index contributed by atoms with van der Waals surface area (Å²) in [5.74, 6) is 0.338. The molecular formula is C18H18F3N5O4. The lowest BCUT2D eigenvalue weighted by Gasteiger charge is -2.16. The number of nitrogens with zero attached hydrogens (tertiary/aromatic N) is 4. The number of anilines is 1. The average Bonchev–Trinajstić information content (AvgIpc) is 3.27. The van der Waals surface area contributed by atoms with E-state index in [9.17, 15) is 28.5 Å². The van der Waals surface area contributed by atoms with E-state index in [0.717, 1.165) is 12.1 Å². The molecule has 4 rings (SSSR count). The van der Waals surface area contributed by atoms with E-state index in [4.69, 9.17) is 4.74 Å². The summed E-state index contributed by atoms with van der Waals surface area (Å²) in [5, 5.41) is 32.4. The Balaban J connectivity index is 1.54. The van der Waals surface area contributed by atoms with E-state index in [1.54, 1.807) is 0 Å². The Morgan fingerprint density at radius 3 is 2.43 bits per heavy atom. The summed E-state index contributed by atoms with van der Waals surface area (Å²) in [6.07, 6.45) is -6.27. The van der Waals surface area contributed by atoms with Gasteiger partial charge in [-0.2, -0.15) is 13.2 Å². The maximum absolute atomic E-state index is 12.7. The fourth-order valence-electron chi connectivity index (χ4n) is 3.27. The van der Waals surface area contributed by atoms with Crippen LogP contribution in [0.25, 0.3) is 11.2 Å². The quantitative estimate of drug-likeness (QED) is 0.478. The lowest BCUT2D eigenvalue weighted by molar-refractivity contribution is -0.137. The van der Waals surface area contributed by atoms with Crippen LogP contribution in [0, 0.1) is 0 Å². The maximum atomic E-state index is 12.7. The standard InChI is InChI=1S/C18H18F3N5O4/c19-18(20,21)10-3-1-9(2-4-10)5-22-15-12-16(24-7-23-15)26(8-25-12)17-14(29)13(28)11(6-27)30-17/h1-4,7-8,11,13-14,17,27-29H,5-6H2,(H,22,23,24)/t11-,13-,14-,17?/m1/s1. The summed E-state index contributed by atoms with van der Waals surface area (Å²) in [6.45, 7) is -0.263. The number of aliphatic hydroxyl groups is 3. The monoisotopic (exact) mass is 425 g/mol. The smallest absolute Gasteiger partial charge is 0.394 e. The van der Waals surface area contributed by atoms with Gasteiger partial charge in [0.25, 0.3) is 0 Å². The Morgan fingerprint density at radius 2 is 1.80 bits per heavy atom. The third kappa shape index (κ3) is 3.69. The number of hydrogen-bond acceptors (Lipinski definition) is 8. The topological polar surface area (TPSA) is 126 Å². The molecule has 4 atom stereocenters. The molecule has 0 bridgehead atoms. The second-order valence-corrected chi connectivity index (χ2v) is 6.82. The number of aromatic nitrogens is 4. The summed E-state index contributed by atoms with van der Waals surface area (Å²) in [5.41, 5.74) is 0.544. The van der Waals surface area contributed by atoms with Crippen LogP contribution in [0.2, 0.25) is 0 Å². The van der Waals surface area contributed by atoms with Gasteiger partial charge in [0.15, 0.2) is 23.2 Å². The maximum Gasteiger partial charge on any atom is 0.416 e. The third-order valence-corrected chi connectivity index (χ3v) is 4.89. The predicted molar refractivity (Wildman–Crippen MR) is 97.1 cm³/mol. The van der Waals surface area contributed by atoms with Crippen LogP contribution in [0.15, 0.2) is 36.9 Å². The van der Waals surface area contributed by atoms with Crippen molar-refractivity contribution in [2.24, 2.45) is 0 Å².